The van der Waals surface area contributed by atoms with E-state index in [9.17, 15) is 0 Å². The number of methoxy groups -OCH3 is 1. The summed E-state index contributed by atoms with van der Waals surface area (Å²) in [6.45, 7) is 0. The van der Waals surface area contributed by atoms with Gasteiger partial charge in [-0.25, -0.2) is 9.67 Å². The maximum atomic E-state index is 6.03. The number of benzene rings is 1. The number of ether oxygens (including phenoxy) is 1. The zero-order chi connectivity index (χ0) is 12.5. The highest BCUT2D eigenvalue weighted by atomic mass is 16.5. The molecule has 18 heavy (non-hydrogen) atoms. The van der Waals surface area contributed by atoms with E-state index in [1.54, 1.807) is 7.11 Å². The van der Waals surface area contributed by atoms with Crippen LogP contribution in [-0.4, -0.2) is 21.9 Å². The van der Waals surface area contributed by atoms with Crippen LogP contribution in [0.5, 0.6) is 5.75 Å². The number of hydrogen-bond acceptors (Lipinski definition) is 4. The van der Waals surface area contributed by atoms with Gasteiger partial charge in [-0.2, -0.15) is 0 Å². The van der Waals surface area contributed by atoms with E-state index < -0.39 is 0 Å². The summed E-state index contributed by atoms with van der Waals surface area (Å²) in [7, 11) is 1.65. The Bertz CT molecular complexity index is 564. The molecule has 5 heteroatoms. The summed E-state index contributed by atoms with van der Waals surface area (Å²) >= 11 is 0. The van der Waals surface area contributed by atoms with Gasteiger partial charge in [0, 0.05) is 12.0 Å². The van der Waals surface area contributed by atoms with Gasteiger partial charge in [0.05, 0.1) is 7.11 Å². The molecule has 0 bridgehead atoms. The van der Waals surface area contributed by atoms with Crippen LogP contribution in [0.25, 0.3) is 11.4 Å². The van der Waals surface area contributed by atoms with Gasteiger partial charge < -0.3 is 10.5 Å². The third-order valence-corrected chi connectivity index (χ3v) is 3.24. The summed E-state index contributed by atoms with van der Waals surface area (Å²) in [5, 5.41) is 4.50. The van der Waals surface area contributed by atoms with Gasteiger partial charge >= 0.3 is 0 Å². The predicted molar refractivity (Wildman–Crippen MR) is 68.2 cm³/mol. The van der Waals surface area contributed by atoms with Gasteiger partial charge in [-0.3, -0.25) is 0 Å². The molecule has 1 aliphatic heterocycles. The Hall–Kier alpha value is -1.88. The lowest BCUT2D eigenvalue weighted by molar-refractivity contribution is 0.373. The van der Waals surface area contributed by atoms with Crippen molar-refractivity contribution < 1.29 is 4.74 Å². The van der Waals surface area contributed by atoms with Crippen molar-refractivity contribution in [2.24, 2.45) is 5.73 Å². The van der Waals surface area contributed by atoms with E-state index in [4.69, 9.17) is 10.5 Å². The number of nitrogens with zero attached hydrogens (tertiary/aromatic N) is 3. The zero-order valence-corrected chi connectivity index (χ0v) is 10.3. The van der Waals surface area contributed by atoms with Crippen LogP contribution in [0.15, 0.2) is 24.3 Å². The quantitative estimate of drug-likeness (QED) is 0.874. The van der Waals surface area contributed by atoms with E-state index in [0.29, 0.717) is 0 Å². The van der Waals surface area contributed by atoms with Crippen LogP contribution in [0.4, 0.5) is 0 Å². The lowest BCUT2D eigenvalue weighted by Crippen LogP contribution is -2.25. The molecule has 3 rings (SSSR count). The summed E-state index contributed by atoms with van der Waals surface area (Å²) in [6, 6.07) is 7.77. The van der Waals surface area contributed by atoms with Crippen molar-refractivity contribution in [2.45, 2.75) is 25.4 Å². The minimum Gasteiger partial charge on any atom is -0.497 e. The van der Waals surface area contributed by atoms with Gasteiger partial charge in [-0.15, -0.1) is 5.10 Å². The minimum absolute atomic E-state index is 0.0411. The van der Waals surface area contributed by atoms with E-state index >= 15 is 0 Å². The molecule has 0 saturated carbocycles. The fraction of sp³-hybridized carbons (Fsp3) is 0.385. The summed E-state index contributed by atoms with van der Waals surface area (Å²) in [5.41, 5.74) is 6.99. The Morgan fingerprint density at radius 3 is 3.11 bits per heavy atom. The number of fused-ring (bicyclic) bond motifs is 1. The molecule has 1 aromatic carbocycles. The average molecular weight is 244 g/mol. The number of rotatable bonds is 2. The molecule has 1 unspecified atom stereocenters. The van der Waals surface area contributed by atoms with E-state index in [-0.39, 0.29) is 6.17 Å². The molecule has 0 radical (unpaired) electrons. The molecule has 1 atom stereocenters. The first-order valence-corrected chi connectivity index (χ1v) is 6.13. The Balaban J connectivity index is 2.01. The van der Waals surface area contributed by atoms with Crippen molar-refractivity contribution in [1.82, 2.24) is 14.8 Å². The summed E-state index contributed by atoms with van der Waals surface area (Å²) in [5.74, 6) is 2.51. The van der Waals surface area contributed by atoms with Gasteiger partial charge in [0.1, 0.15) is 17.7 Å². The summed E-state index contributed by atoms with van der Waals surface area (Å²) < 4.78 is 7.06. The smallest absolute Gasteiger partial charge is 0.181 e. The highest BCUT2D eigenvalue weighted by Crippen LogP contribution is 2.25. The highest BCUT2D eigenvalue weighted by Gasteiger charge is 2.20. The largest absolute Gasteiger partial charge is 0.497 e. The van der Waals surface area contributed by atoms with Crippen LogP contribution in [0, 0.1) is 0 Å². The fourth-order valence-electron chi connectivity index (χ4n) is 2.27. The lowest BCUT2D eigenvalue weighted by atomic mass is 10.1. The maximum Gasteiger partial charge on any atom is 0.181 e. The molecule has 1 aliphatic rings. The standard InChI is InChI=1S/C13H16N4O/c1-18-10-5-2-4-9(8-10)13-15-12-7-3-6-11(14)17(12)16-13/h2,4-5,8,11H,3,6-7,14H2,1H3. The number of nitrogens with two attached hydrogens (primary N) is 1. The molecule has 0 saturated heterocycles. The van der Waals surface area contributed by atoms with E-state index in [0.717, 1.165) is 42.2 Å². The molecule has 0 fully saturated rings. The van der Waals surface area contributed by atoms with Crippen molar-refractivity contribution in [3.63, 3.8) is 0 Å². The molecular formula is C13H16N4O. The molecule has 94 valence electrons. The Kier molecular flexibility index (Phi) is 2.76. The summed E-state index contributed by atoms with van der Waals surface area (Å²) in [6.07, 6.45) is 2.95. The van der Waals surface area contributed by atoms with Crippen molar-refractivity contribution in [2.75, 3.05) is 7.11 Å². The topological polar surface area (TPSA) is 66.0 Å². The Morgan fingerprint density at radius 1 is 1.44 bits per heavy atom. The second kappa shape index (κ2) is 4.42. The zero-order valence-electron chi connectivity index (χ0n) is 10.3. The van der Waals surface area contributed by atoms with Crippen LogP contribution in [-0.2, 0) is 6.42 Å². The van der Waals surface area contributed by atoms with Crippen molar-refractivity contribution in [1.29, 1.82) is 0 Å². The first-order chi connectivity index (χ1) is 8.78. The molecule has 2 aromatic rings. The van der Waals surface area contributed by atoms with Gasteiger partial charge in [-0.1, -0.05) is 12.1 Å². The first kappa shape index (κ1) is 11.2. The van der Waals surface area contributed by atoms with Crippen LogP contribution >= 0.6 is 0 Å². The van der Waals surface area contributed by atoms with Crippen molar-refractivity contribution >= 4 is 0 Å². The maximum absolute atomic E-state index is 6.03. The second-order valence-corrected chi connectivity index (χ2v) is 4.49. The molecule has 1 aromatic heterocycles. The van der Waals surface area contributed by atoms with Crippen LogP contribution in [0.1, 0.15) is 24.8 Å². The van der Waals surface area contributed by atoms with Crippen LogP contribution in [0.3, 0.4) is 0 Å². The van der Waals surface area contributed by atoms with Crippen LogP contribution in [0.2, 0.25) is 0 Å². The second-order valence-electron chi connectivity index (χ2n) is 4.49. The van der Waals surface area contributed by atoms with Gasteiger partial charge in [0.15, 0.2) is 5.82 Å². The molecule has 5 nitrogen and oxygen atoms in total. The number of hydrogen-bond donors (Lipinski definition) is 1. The number of aryl methyl sites for hydroxylation is 1. The highest BCUT2D eigenvalue weighted by molar-refractivity contribution is 5.57. The Labute approximate surface area is 106 Å². The summed E-state index contributed by atoms with van der Waals surface area (Å²) in [4.78, 5) is 4.56. The van der Waals surface area contributed by atoms with Crippen molar-refractivity contribution in [3.8, 4) is 17.1 Å². The first-order valence-electron chi connectivity index (χ1n) is 6.13. The molecule has 0 spiro atoms. The Morgan fingerprint density at radius 2 is 2.33 bits per heavy atom. The molecule has 2 heterocycles. The molecule has 0 amide bonds. The van der Waals surface area contributed by atoms with E-state index in [2.05, 4.69) is 10.1 Å². The van der Waals surface area contributed by atoms with E-state index in [1.807, 2.05) is 28.9 Å². The van der Waals surface area contributed by atoms with Gasteiger partial charge in [0.25, 0.3) is 0 Å². The van der Waals surface area contributed by atoms with Crippen LogP contribution < -0.4 is 10.5 Å². The monoisotopic (exact) mass is 244 g/mol. The SMILES string of the molecule is COc1cccc(-c2nc3n(n2)C(N)CCC3)c1. The predicted octanol–water partition coefficient (Wildman–Crippen LogP) is 1.75. The van der Waals surface area contributed by atoms with Gasteiger partial charge in [-0.05, 0) is 25.0 Å². The third kappa shape index (κ3) is 1.86. The normalized spacial score (nSPS) is 18.4. The van der Waals surface area contributed by atoms with E-state index in [1.165, 1.54) is 0 Å². The number of aromatic nitrogens is 3. The molecule has 0 aliphatic carbocycles. The molecular weight excluding hydrogens is 228 g/mol. The van der Waals surface area contributed by atoms with Gasteiger partial charge in [0.2, 0.25) is 0 Å². The minimum atomic E-state index is -0.0411. The lowest BCUT2D eigenvalue weighted by Gasteiger charge is -2.18. The molecule has 2 N–H and O–H groups in total. The fourth-order valence-corrected chi connectivity index (χ4v) is 2.27. The third-order valence-electron chi connectivity index (χ3n) is 3.24. The van der Waals surface area contributed by atoms with Crippen molar-refractivity contribution in [3.05, 3.63) is 30.1 Å². The average Bonchev–Trinajstić information content (AvgIpc) is 2.84.